The van der Waals surface area contributed by atoms with Gasteiger partial charge in [0.1, 0.15) is 0 Å². The van der Waals surface area contributed by atoms with E-state index < -0.39 is 0 Å². The van der Waals surface area contributed by atoms with Gasteiger partial charge in [0.05, 0.1) is 0 Å². The molecule has 0 heterocycles. The average molecular weight is 246 g/mol. The quantitative estimate of drug-likeness (QED) is 0.671. The van der Waals surface area contributed by atoms with Crippen LogP contribution in [0.4, 0.5) is 0 Å². The molecule has 0 radical (unpaired) electrons. The Bertz CT molecular complexity index is 443. The number of rotatable bonds is 1. The van der Waals surface area contributed by atoms with Gasteiger partial charge in [0.2, 0.25) is 0 Å². The van der Waals surface area contributed by atoms with Crippen molar-refractivity contribution in [3.63, 3.8) is 0 Å². The summed E-state index contributed by atoms with van der Waals surface area (Å²) >= 11 is 0. The normalized spacial score (nSPS) is 45.3. The van der Waals surface area contributed by atoms with Crippen LogP contribution in [0.3, 0.4) is 0 Å². The van der Waals surface area contributed by atoms with Gasteiger partial charge in [-0.1, -0.05) is 26.3 Å². The third kappa shape index (κ3) is 1.26. The lowest BCUT2D eigenvalue weighted by molar-refractivity contribution is -0.114. The number of ketones is 1. The highest BCUT2D eigenvalue weighted by Gasteiger charge is 2.64. The van der Waals surface area contributed by atoms with Crippen LogP contribution in [0.1, 0.15) is 60.3 Å². The summed E-state index contributed by atoms with van der Waals surface area (Å²) in [6.45, 7) is 11.3. The van der Waals surface area contributed by atoms with E-state index in [9.17, 15) is 4.79 Å². The van der Waals surface area contributed by atoms with E-state index in [0.29, 0.717) is 22.5 Å². The van der Waals surface area contributed by atoms with Crippen LogP contribution in [0.5, 0.6) is 0 Å². The number of Topliss-reactive ketones (excluding diaryl/α,β-unsaturated/α-hetero) is 1. The third-order valence-electron chi connectivity index (χ3n) is 6.87. The highest BCUT2D eigenvalue weighted by atomic mass is 16.1. The summed E-state index contributed by atoms with van der Waals surface area (Å²) in [4.78, 5) is 12.0. The molecule has 0 N–H and O–H groups in total. The average Bonchev–Trinajstić information content (AvgIpc) is 2.68. The van der Waals surface area contributed by atoms with Crippen LogP contribution in [-0.4, -0.2) is 5.78 Å². The summed E-state index contributed by atoms with van der Waals surface area (Å²) < 4.78 is 0. The molecule has 3 aliphatic rings. The number of allylic oxidation sites excluding steroid dienone is 2. The number of fused-ring (bicyclic) bond motifs is 1. The number of hydrogen-bond donors (Lipinski definition) is 0. The lowest BCUT2D eigenvalue weighted by Gasteiger charge is -2.38. The molecule has 0 saturated heterocycles. The second-order valence-corrected chi connectivity index (χ2v) is 7.74. The van der Waals surface area contributed by atoms with Crippen molar-refractivity contribution >= 4 is 5.78 Å². The Balaban J connectivity index is 2.15. The topological polar surface area (TPSA) is 17.1 Å². The van der Waals surface area contributed by atoms with Gasteiger partial charge in [-0.05, 0) is 73.7 Å². The van der Waals surface area contributed by atoms with E-state index in [1.54, 1.807) is 6.92 Å². The molecule has 0 aliphatic heterocycles. The minimum absolute atomic E-state index is 0.326. The van der Waals surface area contributed by atoms with Crippen molar-refractivity contribution in [2.45, 2.75) is 60.3 Å². The van der Waals surface area contributed by atoms with Crippen LogP contribution in [0.25, 0.3) is 0 Å². The Morgan fingerprint density at radius 3 is 2.56 bits per heavy atom. The first kappa shape index (κ1) is 12.4. The van der Waals surface area contributed by atoms with Crippen LogP contribution in [-0.2, 0) is 4.79 Å². The van der Waals surface area contributed by atoms with Gasteiger partial charge >= 0.3 is 0 Å². The van der Waals surface area contributed by atoms with Crippen LogP contribution < -0.4 is 0 Å². The monoisotopic (exact) mass is 246 g/mol. The lowest BCUT2D eigenvalue weighted by atomic mass is 9.65. The zero-order valence-electron chi connectivity index (χ0n) is 12.5. The molecule has 3 unspecified atom stereocenters. The summed E-state index contributed by atoms with van der Waals surface area (Å²) in [5.41, 5.74) is 3.44. The lowest BCUT2D eigenvalue weighted by Crippen LogP contribution is -2.32. The van der Waals surface area contributed by atoms with E-state index >= 15 is 0 Å². The maximum atomic E-state index is 12.0. The maximum Gasteiger partial charge on any atom is 0.155 e. The first-order valence-corrected chi connectivity index (χ1v) is 7.51. The van der Waals surface area contributed by atoms with Crippen molar-refractivity contribution in [3.05, 3.63) is 11.1 Å². The summed E-state index contributed by atoms with van der Waals surface area (Å²) in [5.74, 6) is 2.61. The van der Waals surface area contributed by atoms with Crippen molar-refractivity contribution in [1.82, 2.24) is 0 Å². The van der Waals surface area contributed by atoms with E-state index in [1.807, 2.05) is 0 Å². The zero-order valence-corrected chi connectivity index (χ0v) is 12.5. The molecule has 0 aromatic rings. The van der Waals surface area contributed by atoms with Crippen LogP contribution in [0.2, 0.25) is 0 Å². The molecule has 0 aromatic heterocycles. The highest BCUT2D eigenvalue weighted by molar-refractivity contribution is 5.94. The van der Waals surface area contributed by atoms with Crippen LogP contribution in [0.15, 0.2) is 11.1 Å². The minimum Gasteiger partial charge on any atom is -0.295 e. The van der Waals surface area contributed by atoms with E-state index in [4.69, 9.17) is 0 Å². The van der Waals surface area contributed by atoms with Crippen molar-refractivity contribution in [2.75, 3.05) is 0 Å². The Morgan fingerprint density at radius 2 is 1.94 bits per heavy atom. The molecule has 18 heavy (non-hydrogen) atoms. The molecular formula is C17H26O. The third-order valence-corrected chi connectivity index (χ3v) is 6.87. The van der Waals surface area contributed by atoms with Crippen molar-refractivity contribution in [1.29, 1.82) is 0 Å². The molecule has 1 heteroatoms. The fourth-order valence-corrected chi connectivity index (χ4v) is 5.84. The van der Waals surface area contributed by atoms with Crippen molar-refractivity contribution in [2.24, 2.45) is 28.6 Å². The Morgan fingerprint density at radius 1 is 1.28 bits per heavy atom. The zero-order chi connectivity index (χ0) is 13.3. The van der Waals surface area contributed by atoms with Gasteiger partial charge in [-0.25, -0.2) is 0 Å². The summed E-state index contributed by atoms with van der Waals surface area (Å²) in [6.07, 6.45) is 5.16. The van der Waals surface area contributed by atoms with Gasteiger partial charge < -0.3 is 0 Å². The van der Waals surface area contributed by atoms with E-state index in [-0.39, 0.29) is 0 Å². The first-order chi connectivity index (χ1) is 8.30. The Kier molecular flexibility index (Phi) is 2.41. The molecule has 2 bridgehead atoms. The fourth-order valence-electron chi connectivity index (χ4n) is 5.84. The molecule has 2 saturated carbocycles. The predicted molar refractivity (Wildman–Crippen MR) is 74.2 cm³/mol. The predicted octanol–water partition coefficient (Wildman–Crippen LogP) is 4.37. The van der Waals surface area contributed by atoms with E-state index in [2.05, 4.69) is 27.7 Å². The SMILES string of the molecule is CC(=O)C1=C(C)C2CC3(C1)C(CC[C@H]3C)C2(C)C. The minimum atomic E-state index is 0.326. The first-order valence-electron chi connectivity index (χ1n) is 7.51. The van der Waals surface area contributed by atoms with Crippen molar-refractivity contribution in [3.8, 4) is 0 Å². The molecule has 3 rings (SSSR count). The molecule has 100 valence electrons. The molecule has 1 spiro atoms. The van der Waals surface area contributed by atoms with Crippen LogP contribution in [0, 0.1) is 28.6 Å². The number of hydrogen-bond acceptors (Lipinski definition) is 1. The molecule has 4 atom stereocenters. The van der Waals surface area contributed by atoms with Crippen LogP contribution >= 0.6 is 0 Å². The molecule has 3 aliphatic carbocycles. The fraction of sp³-hybridized carbons (Fsp3) is 0.824. The highest BCUT2D eigenvalue weighted by Crippen LogP contribution is 2.72. The number of carbonyl (C=O) groups excluding carboxylic acids is 1. The van der Waals surface area contributed by atoms with Crippen molar-refractivity contribution < 1.29 is 4.79 Å². The van der Waals surface area contributed by atoms with Gasteiger partial charge in [0.15, 0.2) is 5.78 Å². The molecule has 2 fully saturated rings. The summed E-state index contributed by atoms with van der Waals surface area (Å²) in [7, 11) is 0. The molecule has 0 amide bonds. The standard InChI is InChI=1S/C17H26O/c1-10-6-7-15-16(4,5)14-9-17(10,15)8-13(11(14)2)12(3)18/h10,14-15H,6-9H2,1-5H3/t10-,14?,15?,17?/m1/s1. The van der Waals surface area contributed by atoms with E-state index in [0.717, 1.165) is 18.3 Å². The van der Waals surface area contributed by atoms with Gasteiger partial charge in [-0.3, -0.25) is 4.79 Å². The number of carbonyl (C=O) groups is 1. The van der Waals surface area contributed by atoms with Gasteiger partial charge in [0, 0.05) is 0 Å². The Labute approximate surface area is 111 Å². The Hall–Kier alpha value is -0.590. The van der Waals surface area contributed by atoms with E-state index in [1.165, 1.54) is 30.4 Å². The summed E-state index contributed by atoms with van der Waals surface area (Å²) in [5, 5.41) is 0. The van der Waals surface area contributed by atoms with Gasteiger partial charge in [-0.2, -0.15) is 0 Å². The maximum absolute atomic E-state index is 12.0. The largest absolute Gasteiger partial charge is 0.295 e. The van der Waals surface area contributed by atoms with Gasteiger partial charge in [-0.15, -0.1) is 0 Å². The second-order valence-electron chi connectivity index (χ2n) is 7.74. The molecule has 0 aromatic carbocycles. The molecular weight excluding hydrogens is 220 g/mol. The second kappa shape index (κ2) is 3.49. The summed E-state index contributed by atoms with van der Waals surface area (Å²) in [6, 6.07) is 0. The smallest absolute Gasteiger partial charge is 0.155 e. The van der Waals surface area contributed by atoms with Gasteiger partial charge in [0.25, 0.3) is 0 Å². The molecule has 1 nitrogen and oxygen atoms in total.